The van der Waals surface area contributed by atoms with Crippen LogP contribution in [0.15, 0.2) is 65.4 Å². The zero-order valence-corrected chi connectivity index (χ0v) is 10.1. The van der Waals surface area contributed by atoms with Crippen LogP contribution in [0.5, 0.6) is 0 Å². The molecule has 0 fully saturated rings. The Labute approximate surface area is 105 Å². The Morgan fingerprint density at radius 1 is 0.765 bits per heavy atom. The van der Waals surface area contributed by atoms with Gasteiger partial charge in [0.1, 0.15) is 0 Å². The van der Waals surface area contributed by atoms with E-state index in [1.165, 1.54) is 22.3 Å². The van der Waals surface area contributed by atoms with Gasteiger partial charge < -0.3 is 0 Å². The Kier molecular flexibility index (Phi) is 2.76. The van der Waals surface area contributed by atoms with E-state index in [1.807, 2.05) is 24.3 Å². The lowest BCUT2D eigenvalue weighted by molar-refractivity contribution is 1.63. The minimum absolute atomic E-state index is 1.23. The monoisotopic (exact) mass is 235 g/mol. The Morgan fingerprint density at radius 2 is 1.47 bits per heavy atom. The molecule has 3 aromatic rings. The summed E-state index contributed by atoms with van der Waals surface area (Å²) in [7, 11) is 0. The van der Waals surface area contributed by atoms with Crippen molar-refractivity contribution in [3.63, 3.8) is 0 Å². The fourth-order valence-electron chi connectivity index (χ4n) is 1.92. The Balaban J connectivity index is 2.13. The van der Waals surface area contributed by atoms with E-state index in [-0.39, 0.29) is 0 Å². The van der Waals surface area contributed by atoms with Crippen LogP contribution in [0.25, 0.3) is 22.3 Å². The van der Waals surface area contributed by atoms with E-state index in [0.29, 0.717) is 0 Å². The average molecular weight is 235 g/mol. The standard InChI is InChI=1S/C16H11S/c1-3-7-13(8-4-1)15-11-17-12-16(15)14-9-5-2-6-10-14/h1-5,7-12H. The zero-order valence-electron chi connectivity index (χ0n) is 9.26. The maximum Gasteiger partial charge on any atom is 0.000206 e. The van der Waals surface area contributed by atoms with Gasteiger partial charge in [-0.15, -0.1) is 0 Å². The van der Waals surface area contributed by atoms with Crippen molar-refractivity contribution in [2.75, 3.05) is 0 Å². The summed E-state index contributed by atoms with van der Waals surface area (Å²) in [6.45, 7) is 0. The van der Waals surface area contributed by atoms with Crippen LogP contribution in [0.4, 0.5) is 0 Å². The third kappa shape index (κ3) is 2.02. The lowest BCUT2D eigenvalue weighted by atomic mass is 9.99. The van der Waals surface area contributed by atoms with Crippen LogP contribution >= 0.6 is 11.3 Å². The van der Waals surface area contributed by atoms with Crippen molar-refractivity contribution < 1.29 is 0 Å². The summed E-state index contributed by atoms with van der Waals surface area (Å²) >= 11 is 1.74. The highest BCUT2D eigenvalue weighted by Gasteiger charge is 2.07. The molecular formula is C16H11S. The van der Waals surface area contributed by atoms with Gasteiger partial charge >= 0.3 is 0 Å². The first kappa shape index (κ1) is 10.3. The van der Waals surface area contributed by atoms with E-state index in [1.54, 1.807) is 11.3 Å². The molecule has 1 heteroatoms. The Hall–Kier alpha value is -1.86. The summed E-state index contributed by atoms with van der Waals surface area (Å²) in [6, 6.07) is 21.8. The molecule has 1 aromatic heterocycles. The summed E-state index contributed by atoms with van der Waals surface area (Å²) in [5, 5.41) is 4.41. The second-order valence-electron chi connectivity index (χ2n) is 3.86. The third-order valence-electron chi connectivity index (χ3n) is 2.76. The summed E-state index contributed by atoms with van der Waals surface area (Å²) in [4.78, 5) is 0. The summed E-state index contributed by atoms with van der Waals surface area (Å²) in [6.07, 6.45) is 0. The zero-order chi connectivity index (χ0) is 11.5. The van der Waals surface area contributed by atoms with Crippen LogP contribution in [0, 0.1) is 6.07 Å². The summed E-state index contributed by atoms with van der Waals surface area (Å²) < 4.78 is 0. The second-order valence-corrected chi connectivity index (χ2v) is 4.60. The molecule has 0 aliphatic carbocycles. The number of hydrogen-bond acceptors (Lipinski definition) is 1. The van der Waals surface area contributed by atoms with E-state index in [9.17, 15) is 0 Å². The van der Waals surface area contributed by atoms with Crippen molar-refractivity contribution in [1.29, 1.82) is 0 Å². The minimum Gasteiger partial charge on any atom is -0.151 e. The first-order chi connectivity index (χ1) is 8.45. The van der Waals surface area contributed by atoms with Crippen LogP contribution in [0.1, 0.15) is 0 Å². The van der Waals surface area contributed by atoms with Gasteiger partial charge in [0.2, 0.25) is 0 Å². The predicted octanol–water partition coefficient (Wildman–Crippen LogP) is 4.88. The Bertz CT molecular complexity index is 540. The third-order valence-corrected chi connectivity index (χ3v) is 3.51. The van der Waals surface area contributed by atoms with Crippen molar-refractivity contribution in [3.8, 4) is 22.3 Å². The molecule has 0 amide bonds. The van der Waals surface area contributed by atoms with Crippen LogP contribution in [0.3, 0.4) is 0 Å². The molecule has 81 valence electrons. The normalized spacial score (nSPS) is 10.4. The van der Waals surface area contributed by atoms with Gasteiger partial charge in [-0.2, -0.15) is 11.3 Å². The van der Waals surface area contributed by atoms with Gasteiger partial charge in [0.25, 0.3) is 0 Å². The number of rotatable bonds is 2. The van der Waals surface area contributed by atoms with Crippen molar-refractivity contribution in [3.05, 3.63) is 71.4 Å². The molecule has 1 radical (unpaired) electrons. The largest absolute Gasteiger partial charge is 0.151 e. The van der Waals surface area contributed by atoms with Gasteiger partial charge in [0.05, 0.1) is 0 Å². The average Bonchev–Trinajstić information content (AvgIpc) is 2.90. The fourth-order valence-corrected chi connectivity index (χ4v) is 2.79. The molecular weight excluding hydrogens is 224 g/mol. The SMILES string of the molecule is [c]1cccc(-c2cscc2-c2ccccc2)c1. The van der Waals surface area contributed by atoms with Gasteiger partial charge in [0.15, 0.2) is 0 Å². The maximum absolute atomic E-state index is 3.13. The molecule has 2 aromatic carbocycles. The molecule has 1 heterocycles. The van der Waals surface area contributed by atoms with E-state index < -0.39 is 0 Å². The number of thiophene rings is 1. The molecule has 17 heavy (non-hydrogen) atoms. The molecule has 0 aliphatic rings. The summed E-state index contributed by atoms with van der Waals surface area (Å²) in [5.41, 5.74) is 5.09. The molecule has 0 saturated heterocycles. The number of hydrogen-bond donors (Lipinski definition) is 0. The highest BCUT2D eigenvalue weighted by atomic mass is 32.1. The molecule has 0 aliphatic heterocycles. The van der Waals surface area contributed by atoms with Gasteiger partial charge in [0, 0.05) is 11.1 Å². The van der Waals surface area contributed by atoms with Crippen molar-refractivity contribution in [2.24, 2.45) is 0 Å². The quantitative estimate of drug-likeness (QED) is 0.593. The highest BCUT2D eigenvalue weighted by molar-refractivity contribution is 7.08. The molecule has 0 N–H and O–H groups in total. The first-order valence-electron chi connectivity index (χ1n) is 5.53. The van der Waals surface area contributed by atoms with Gasteiger partial charge in [-0.3, -0.25) is 0 Å². The smallest absolute Gasteiger partial charge is 0.000206 e. The highest BCUT2D eigenvalue weighted by Crippen LogP contribution is 2.34. The minimum atomic E-state index is 1.23. The lowest BCUT2D eigenvalue weighted by Gasteiger charge is -2.04. The molecule has 0 spiro atoms. The van der Waals surface area contributed by atoms with E-state index in [0.717, 1.165) is 0 Å². The van der Waals surface area contributed by atoms with Crippen LogP contribution in [-0.2, 0) is 0 Å². The Morgan fingerprint density at radius 3 is 2.18 bits per heavy atom. The molecule has 0 unspecified atom stereocenters. The molecule has 3 rings (SSSR count). The maximum atomic E-state index is 3.13. The van der Waals surface area contributed by atoms with Crippen molar-refractivity contribution in [2.45, 2.75) is 0 Å². The van der Waals surface area contributed by atoms with Gasteiger partial charge in [-0.05, 0) is 34.0 Å². The van der Waals surface area contributed by atoms with E-state index >= 15 is 0 Å². The van der Waals surface area contributed by atoms with Crippen molar-refractivity contribution in [1.82, 2.24) is 0 Å². The van der Waals surface area contributed by atoms with E-state index in [2.05, 4.69) is 47.2 Å². The van der Waals surface area contributed by atoms with Gasteiger partial charge in [-0.25, -0.2) is 0 Å². The molecule has 0 atom stereocenters. The molecule has 0 nitrogen and oxygen atoms in total. The lowest BCUT2D eigenvalue weighted by Crippen LogP contribution is -1.79. The van der Waals surface area contributed by atoms with Crippen LogP contribution in [-0.4, -0.2) is 0 Å². The van der Waals surface area contributed by atoms with Crippen molar-refractivity contribution >= 4 is 11.3 Å². The fraction of sp³-hybridized carbons (Fsp3) is 0. The topological polar surface area (TPSA) is 0 Å². The number of benzene rings is 2. The second kappa shape index (κ2) is 4.56. The molecule has 0 bridgehead atoms. The summed E-state index contributed by atoms with van der Waals surface area (Å²) in [5.74, 6) is 0. The van der Waals surface area contributed by atoms with Crippen LogP contribution in [0.2, 0.25) is 0 Å². The first-order valence-corrected chi connectivity index (χ1v) is 6.47. The van der Waals surface area contributed by atoms with Crippen LogP contribution < -0.4 is 0 Å². The predicted molar refractivity (Wildman–Crippen MR) is 74.0 cm³/mol. The van der Waals surface area contributed by atoms with Gasteiger partial charge in [-0.1, -0.05) is 48.5 Å². The van der Waals surface area contributed by atoms with E-state index in [4.69, 9.17) is 0 Å². The molecule has 0 saturated carbocycles.